The molecular weight excluding hydrogens is 323 g/mol. The molecule has 1 heterocycles. The molecule has 0 N–H and O–H groups in total. The van der Waals surface area contributed by atoms with Crippen molar-refractivity contribution in [1.29, 1.82) is 0 Å². The van der Waals surface area contributed by atoms with Gasteiger partial charge in [0.25, 0.3) is 0 Å². The molecule has 0 aromatic carbocycles. The van der Waals surface area contributed by atoms with Gasteiger partial charge in [-0.15, -0.1) is 0 Å². The van der Waals surface area contributed by atoms with Gasteiger partial charge < -0.3 is 4.90 Å². The number of likely N-dealkylation sites (tertiary alicyclic amines) is 1. The Bertz CT molecular complexity index is 550. The number of nitrogens with zero attached hydrogens (tertiary/aromatic N) is 1. The monoisotopic (exact) mass is 355 g/mol. The Labute approximate surface area is 151 Å². The quantitative estimate of drug-likeness (QED) is 0.454. The minimum atomic E-state index is -4.20. The zero-order valence-electron chi connectivity index (χ0n) is 16.2. The topological polar surface area (TPSA) is 3.24 Å². The lowest BCUT2D eigenvalue weighted by Gasteiger charge is -2.20. The third kappa shape index (κ3) is 6.41. The Morgan fingerprint density at radius 1 is 1.28 bits per heavy atom. The fourth-order valence-electron chi connectivity index (χ4n) is 3.11. The van der Waals surface area contributed by atoms with Crippen LogP contribution in [0.2, 0.25) is 0 Å². The second kappa shape index (κ2) is 9.88. The van der Waals surface area contributed by atoms with Crippen LogP contribution in [0.1, 0.15) is 59.8 Å². The van der Waals surface area contributed by atoms with Gasteiger partial charge in [0.2, 0.25) is 0 Å². The molecular formula is C21H32F3N. The Kier molecular flexibility index (Phi) is 8.54. The summed E-state index contributed by atoms with van der Waals surface area (Å²) in [6.45, 7) is 8.72. The number of hydrogen-bond donors (Lipinski definition) is 0. The maximum absolute atomic E-state index is 13.4. The van der Waals surface area contributed by atoms with Crippen molar-refractivity contribution in [2.24, 2.45) is 5.92 Å². The molecule has 25 heavy (non-hydrogen) atoms. The van der Waals surface area contributed by atoms with Crippen LogP contribution in [0.25, 0.3) is 0 Å². The summed E-state index contributed by atoms with van der Waals surface area (Å²) < 4.78 is 40.2. The maximum atomic E-state index is 13.4. The second-order valence-electron chi connectivity index (χ2n) is 6.77. The van der Waals surface area contributed by atoms with Gasteiger partial charge in [0.1, 0.15) is 0 Å². The van der Waals surface area contributed by atoms with E-state index in [1.807, 2.05) is 40.0 Å². The summed E-state index contributed by atoms with van der Waals surface area (Å²) in [6, 6.07) is 0. The molecule has 142 valence electrons. The normalized spacial score (nSPS) is 20.6. The van der Waals surface area contributed by atoms with Crippen molar-refractivity contribution in [2.75, 3.05) is 13.6 Å². The van der Waals surface area contributed by atoms with Crippen LogP contribution in [0.5, 0.6) is 0 Å². The minimum Gasteiger partial charge on any atom is -0.378 e. The van der Waals surface area contributed by atoms with E-state index in [0.717, 1.165) is 37.0 Å². The largest absolute Gasteiger partial charge is 0.395 e. The van der Waals surface area contributed by atoms with Gasteiger partial charge in [-0.3, -0.25) is 0 Å². The standard InChI is InChI=1S/C21H32F3N/c1-6-10-17(14-18(11-7-2)21(22,23)24)20(16(4)8-3)15-19-12-9-13-25(19)5/h6,10,14-15,18H,7-9,11-13H2,1-5H3/b10-6-,17-14+,19-15-,20-16?. The smallest absolute Gasteiger partial charge is 0.378 e. The summed E-state index contributed by atoms with van der Waals surface area (Å²) in [5, 5.41) is 0. The molecule has 1 saturated heterocycles. The van der Waals surface area contributed by atoms with Gasteiger partial charge in [-0.05, 0) is 56.8 Å². The highest BCUT2D eigenvalue weighted by Gasteiger charge is 2.37. The predicted octanol–water partition coefficient (Wildman–Crippen LogP) is 6.80. The van der Waals surface area contributed by atoms with Crippen molar-refractivity contribution in [3.63, 3.8) is 0 Å². The van der Waals surface area contributed by atoms with Crippen LogP contribution in [0, 0.1) is 5.92 Å². The van der Waals surface area contributed by atoms with E-state index in [1.165, 1.54) is 11.8 Å². The summed E-state index contributed by atoms with van der Waals surface area (Å²) in [6.07, 6.45) is 6.50. The zero-order valence-corrected chi connectivity index (χ0v) is 16.2. The van der Waals surface area contributed by atoms with Crippen molar-refractivity contribution in [1.82, 2.24) is 4.90 Å². The molecule has 1 unspecified atom stereocenters. The number of allylic oxidation sites excluding steroid dienone is 8. The molecule has 1 rings (SSSR count). The van der Waals surface area contributed by atoms with Crippen LogP contribution < -0.4 is 0 Å². The molecule has 1 aliphatic heterocycles. The van der Waals surface area contributed by atoms with Crippen molar-refractivity contribution in [2.45, 2.75) is 66.0 Å². The lowest BCUT2D eigenvalue weighted by atomic mass is 9.92. The van der Waals surface area contributed by atoms with Crippen molar-refractivity contribution in [3.05, 3.63) is 46.7 Å². The first kappa shape index (κ1) is 21.6. The van der Waals surface area contributed by atoms with E-state index in [-0.39, 0.29) is 6.42 Å². The summed E-state index contributed by atoms with van der Waals surface area (Å²) in [5.41, 5.74) is 3.95. The van der Waals surface area contributed by atoms with E-state index in [9.17, 15) is 13.2 Å². The van der Waals surface area contributed by atoms with Crippen LogP contribution in [0.3, 0.4) is 0 Å². The van der Waals surface area contributed by atoms with Gasteiger partial charge in [0, 0.05) is 19.3 Å². The Morgan fingerprint density at radius 3 is 2.40 bits per heavy atom. The highest BCUT2D eigenvalue weighted by atomic mass is 19.4. The van der Waals surface area contributed by atoms with E-state index in [0.29, 0.717) is 12.0 Å². The molecule has 0 amide bonds. The van der Waals surface area contributed by atoms with Gasteiger partial charge in [0.05, 0.1) is 5.92 Å². The van der Waals surface area contributed by atoms with E-state index in [2.05, 4.69) is 11.0 Å². The third-order valence-corrected chi connectivity index (χ3v) is 4.78. The minimum absolute atomic E-state index is 0.124. The molecule has 1 nitrogen and oxygen atoms in total. The Morgan fingerprint density at radius 2 is 1.96 bits per heavy atom. The average Bonchev–Trinajstić information content (AvgIpc) is 2.95. The first-order valence-corrected chi connectivity index (χ1v) is 9.27. The van der Waals surface area contributed by atoms with Crippen LogP contribution in [-0.4, -0.2) is 24.7 Å². The van der Waals surface area contributed by atoms with Crippen molar-refractivity contribution in [3.8, 4) is 0 Å². The number of halogens is 3. The van der Waals surface area contributed by atoms with E-state index >= 15 is 0 Å². The molecule has 0 aliphatic carbocycles. The van der Waals surface area contributed by atoms with E-state index in [4.69, 9.17) is 0 Å². The maximum Gasteiger partial charge on any atom is 0.395 e. The van der Waals surface area contributed by atoms with Gasteiger partial charge in [-0.2, -0.15) is 13.2 Å². The fraction of sp³-hybridized carbons (Fsp3) is 0.619. The Hall–Kier alpha value is -1.45. The fourth-order valence-corrected chi connectivity index (χ4v) is 3.11. The lowest BCUT2D eigenvalue weighted by Crippen LogP contribution is -2.21. The summed E-state index contributed by atoms with van der Waals surface area (Å²) in [4.78, 5) is 2.20. The SMILES string of the molecule is C/C=C\C(=C/C(CCC)C(F)(F)F)C(/C=C1/CCCN1C)=C(C)CC. The average molecular weight is 355 g/mol. The molecule has 4 heteroatoms. The Balaban J connectivity index is 3.41. The van der Waals surface area contributed by atoms with E-state index in [1.54, 1.807) is 6.92 Å². The first-order valence-electron chi connectivity index (χ1n) is 9.27. The summed E-state index contributed by atoms with van der Waals surface area (Å²) >= 11 is 0. The zero-order chi connectivity index (χ0) is 19.0. The number of alkyl halides is 3. The molecule has 0 bridgehead atoms. The van der Waals surface area contributed by atoms with Gasteiger partial charge in [-0.1, -0.05) is 44.1 Å². The molecule has 1 fully saturated rings. The molecule has 0 saturated carbocycles. The highest BCUT2D eigenvalue weighted by molar-refractivity contribution is 5.50. The predicted molar refractivity (Wildman–Crippen MR) is 100 cm³/mol. The third-order valence-electron chi connectivity index (χ3n) is 4.78. The van der Waals surface area contributed by atoms with Crippen LogP contribution >= 0.6 is 0 Å². The summed E-state index contributed by atoms with van der Waals surface area (Å²) in [5.74, 6) is -1.40. The molecule has 0 aromatic rings. The lowest BCUT2D eigenvalue weighted by molar-refractivity contribution is -0.162. The van der Waals surface area contributed by atoms with Crippen molar-refractivity contribution < 1.29 is 13.2 Å². The number of hydrogen-bond acceptors (Lipinski definition) is 1. The molecule has 0 spiro atoms. The van der Waals surface area contributed by atoms with Crippen LogP contribution in [-0.2, 0) is 0 Å². The van der Waals surface area contributed by atoms with Crippen LogP contribution in [0.15, 0.2) is 46.7 Å². The van der Waals surface area contributed by atoms with Gasteiger partial charge in [0.15, 0.2) is 0 Å². The number of rotatable bonds is 7. The highest BCUT2D eigenvalue weighted by Crippen LogP contribution is 2.34. The van der Waals surface area contributed by atoms with Crippen molar-refractivity contribution >= 4 is 0 Å². The molecule has 1 aliphatic rings. The molecule has 0 radical (unpaired) electrons. The summed E-state index contributed by atoms with van der Waals surface area (Å²) in [7, 11) is 2.05. The molecule has 0 aromatic heterocycles. The molecule has 1 atom stereocenters. The van der Waals surface area contributed by atoms with E-state index < -0.39 is 12.1 Å². The second-order valence-corrected chi connectivity index (χ2v) is 6.77. The van der Waals surface area contributed by atoms with Gasteiger partial charge in [-0.25, -0.2) is 0 Å². The van der Waals surface area contributed by atoms with Crippen LogP contribution in [0.4, 0.5) is 13.2 Å². The van der Waals surface area contributed by atoms with Gasteiger partial charge >= 0.3 is 6.18 Å². The first-order chi connectivity index (χ1) is 11.7.